The van der Waals surface area contributed by atoms with E-state index >= 15 is 0 Å². The van der Waals surface area contributed by atoms with Crippen molar-refractivity contribution in [2.75, 3.05) is 11.9 Å². The first kappa shape index (κ1) is 11.9. The minimum atomic E-state index is 0.483. The van der Waals surface area contributed by atoms with Gasteiger partial charge in [-0.05, 0) is 30.7 Å². The summed E-state index contributed by atoms with van der Waals surface area (Å²) in [5.74, 6) is 0.867. The standard InChI is InChI=1S/C13H14ClN3/c1-2-9-15-13-8-4-6-11(17-13)10-5-3-7-12(14)16-10/h3-8H,2,9H2,1H3,(H,15,17). The zero-order valence-corrected chi connectivity index (χ0v) is 10.4. The van der Waals surface area contributed by atoms with E-state index in [4.69, 9.17) is 11.6 Å². The Hall–Kier alpha value is -1.61. The topological polar surface area (TPSA) is 37.8 Å². The van der Waals surface area contributed by atoms with Crippen molar-refractivity contribution >= 4 is 17.4 Å². The van der Waals surface area contributed by atoms with Crippen molar-refractivity contribution in [1.82, 2.24) is 9.97 Å². The largest absolute Gasteiger partial charge is 0.370 e. The number of nitrogens with zero attached hydrogens (tertiary/aromatic N) is 2. The van der Waals surface area contributed by atoms with Crippen LogP contribution in [0.15, 0.2) is 36.4 Å². The molecule has 0 atom stereocenters. The average molecular weight is 248 g/mol. The highest BCUT2D eigenvalue weighted by atomic mass is 35.5. The normalized spacial score (nSPS) is 10.2. The minimum Gasteiger partial charge on any atom is -0.370 e. The second-order valence-corrected chi connectivity index (χ2v) is 4.07. The van der Waals surface area contributed by atoms with Crippen molar-refractivity contribution in [2.45, 2.75) is 13.3 Å². The number of hydrogen-bond acceptors (Lipinski definition) is 3. The maximum atomic E-state index is 5.86. The summed E-state index contributed by atoms with van der Waals surface area (Å²) in [5.41, 5.74) is 1.62. The van der Waals surface area contributed by atoms with Crippen molar-refractivity contribution in [3.05, 3.63) is 41.6 Å². The van der Waals surface area contributed by atoms with Gasteiger partial charge in [-0.25, -0.2) is 9.97 Å². The molecule has 2 heterocycles. The van der Waals surface area contributed by atoms with Gasteiger partial charge in [0.1, 0.15) is 11.0 Å². The lowest BCUT2D eigenvalue weighted by Gasteiger charge is -2.06. The van der Waals surface area contributed by atoms with E-state index < -0.39 is 0 Å². The van der Waals surface area contributed by atoms with Crippen LogP contribution in [0, 0.1) is 0 Å². The molecule has 2 aromatic rings. The van der Waals surface area contributed by atoms with Gasteiger partial charge < -0.3 is 5.32 Å². The summed E-state index contributed by atoms with van der Waals surface area (Å²) in [6.07, 6.45) is 1.07. The summed E-state index contributed by atoms with van der Waals surface area (Å²) < 4.78 is 0. The molecule has 0 aliphatic rings. The third kappa shape index (κ3) is 3.17. The third-order valence-corrected chi connectivity index (χ3v) is 2.49. The summed E-state index contributed by atoms with van der Waals surface area (Å²) in [4.78, 5) is 8.73. The Balaban J connectivity index is 2.26. The summed E-state index contributed by atoms with van der Waals surface area (Å²) >= 11 is 5.86. The molecular weight excluding hydrogens is 234 g/mol. The van der Waals surface area contributed by atoms with Crippen LogP contribution in [0.3, 0.4) is 0 Å². The SMILES string of the molecule is CCCNc1cccc(-c2cccc(Cl)n2)n1. The molecule has 0 aliphatic carbocycles. The molecule has 0 saturated carbocycles. The highest BCUT2D eigenvalue weighted by Gasteiger charge is 2.02. The molecule has 2 aromatic heterocycles. The first-order valence-electron chi connectivity index (χ1n) is 5.63. The number of nitrogens with one attached hydrogen (secondary N) is 1. The first-order chi connectivity index (χ1) is 8.29. The maximum Gasteiger partial charge on any atom is 0.129 e. The van der Waals surface area contributed by atoms with Crippen LogP contribution in [0.1, 0.15) is 13.3 Å². The Kier molecular flexibility index (Phi) is 3.94. The van der Waals surface area contributed by atoms with E-state index in [1.807, 2.05) is 30.3 Å². The van der Waals surface area contributed by atoms with E-state index in [0.717, 1.165) is 30.2 Å². The van der Waals surface area contributed by atoms with Crippen LogP contribution in [-0.4, -0.2) is 16.5 Å². The van der Waals surface area contributed by atoms with Crippen molar-refractivity contribution < 1.29 is 0 Å². The van der Waals surface area contributed by atoms with Gasteiger partial charge in [0.05, 0.1) is 11.4 Å². The summed E-state index contributed by atoms with van der Waals surface area (Å²) in [5, 5.41) is 3.73. The van der Waals surface area contributed by atoms with Gasteiger partial charge in [0.2, 0.25) is 0 Å². The fraction of sp³-hybridized carbons (Fsp3) is 0.231. The monoisotopic (exact) mass is 247 g/mol. The average Bonchev–Trinajstić information content (AvgIpc) is 2.37. The Morgan fingerprint density at radius 1 is 1.06 bits per heavy atom. The molecule has 0 radical (unpaired) electrons. The molecule has 0 fully saturated rings. The van der Waals surface area contributed by atoms with Crippen molar-refractivity contribution in [1.29, 1.82) is 0 Å². The molecule has 0 unspecified atom stereocenters. The van der Waals surface area contributed by atoms with Gasteiger partial charge in [-0.15, -0.1) is 0 Å². The Morgan fingerprint density at radius 3 is 2.47 bits per heavy atom. The minimum absolute atomic E-state index is 0.483. The van der Waals surface area contributed by atoms with Gasteiger partial charge in [-0.1, -0.05) is 30.7 Å². The third-order valence-electron chi connectivity index (χ3n) is 2.28. The number of anilines is 1. The van der Waals surface area contributed by atoms with Gasteiger partial charge in [0, 0.05) is 6.54 Å². The van der Waals surface area contributed by atoms with Crippen LogP contribution in [0.2, 0.25) is 5.15 Å². The highest BCUT2D eigenvalue weighted by Crippen LogP contribution is 2.18. The number of halogens is 1. The first-order valence-corrected chi connectivity index (χ1v) is 6.01. The molecule has 3 nitrogen and oxygen atoms in total. The van der Waals surface area contributed by atoms with Crippen LogP contribution in [0.25, 0.3) is 11.4 Å². The quantitative estimate of drug-likeness (QED) is 0.839. The number of hydrogen-bond donors (Lipinski definition) is 1. The number of aromatic nitrogens is 2. The second kappa shape index (κ2) is 5.64. The fourth-order valence-electron chi connectivity index (χ4n) is 1.48. The van der Waals surface area contributed by atoms with Crippen LogP contribution >= 0.6 is 11.6 Å². The van der Waals surface area contributed by atoms with Gasteiger partial charge in [0.15, 0.2) is 0 Å². The van der Waals surface area contributed by atoms with Crippen LogP contribution in [0.4, 0.5) is 5.82 Å². The highest BCUT2D eigenvalue weighted by molar-refractivity contribution is 6.29. The summed E-state index contributed by atoms with van der Waals surface area (Å²) in [6.45, 7) is 3.04. The molecule has 0 aliphatic heterocycles. The zero-order chi connectivity index (χ0) is 12.1. The van der Waals surface area contributed by atoms with E-state index in [1.165, 1.54) is 0 Å². The summed E-state index contributed by atoms with van der Waals surface area (Å²) in [7, 11) is 0. The molecule has 4 heteroatoms. The van der Waals surface area contributed by atoms with Crippen molar-refractivity contribution in [3.8, 4) is 11.4 Å². The maximum absolute atomic E-state index is 5.86. The van der Waals surface area contributed by atoms with E-state index in [2.05, 4.69) is 22.2 Å². The van der Waals surface area contributed by atoms with Gasteiger partial charge in [-0.3, -0.25) is 0 Å². The molecule has 1 N–H and O–H groups in total. The lowest BCUT2D eigenvalue weighted by atomic mass is 10.2. The number of rotatable bonds is 4. The van der Waals surface area contributed by atoms with Gasteiger partial charge >= 0.3 is 0 Å². The van der Waals surface area contributed by atoms with Crippen LogP contribution in [0.5, 0.6) is 0 Å². The van der Waals surface area contributed by atoms with Crippen molar-refractivity contribution in [2.24, 2.45) is 0 Å². The predicted octanol–water partition coefficient (Wildman–Crippen LogP) is 3.62. The predicted molar refractivity (Wildman–Crippen MR) is 71.3 cm³/mol. The molecule has 0 amide bonds. The number of pyridine rings is 2. The lowest BCUT2D eigenvalue weighted by molar-refractivity contribution is 0.969. The Labute approximate surface area is 106 Å². The molecule has 2 rings (SSSR count). The van der Waals surface area contributed by atoms with E-state index in [0.29, 0.717) is 5.15 Å². The molecule has 0 aromatic carbocycles. The molecule has 17 heavy (non-hydrogen) atoms. The van der Waals surface area contributed by atoms with E-state index in [9.17, 15) is 0 Å². The van der Waals surface area contributed by atoms with Crippen molar-refractivity contribution in [3.63, 3.8) is 0 Å². The molecule has 88 valence electrons. The Morgan fingerprint density at radius 2 is 1.76 bits per heavy atom. The Bertz CT molecular complexity index is 500. The second-order valence-electron chi connectivity index (χ2n) is 3.68. The van der Waals surface area contributed by atoms with Gasteiger partial charge in [-0.2, -0.15) is 0 Å². The molecular formula is C13H14ClN3. The van der Waals surface area contributed by atoms with Gasteiger partial charge in [0.25, 0.3) is 0 Å². The smallest absolute Gasteiger partial charge is 0.129 e. The fourth-order valence-corrected chi connectivity index (χ4v) is 1.64. The molecule has 0 spiro atoms. The van der Waals surface area contributed by atoms with E-state index in [-0.39, 0.29) is 0 Å². The van der Waals surface area contributed by atoms with E-state index in [1.54, 1.807) is 6.07 Å². The van der Waals surface area contributed by atoms with Crippen LogP contribution < -0.4 is 5.32 Å². The zero-order valence-electron chi connectivity index (χ0n) is 9.65. The molecule has 0 bridgehead atoms. The molecule has 0 saturated heterocycles. The lowest BCUT2D eigenvalue weighted by Crippen LogP contribution is -2.02. The summed E-state index contributed by atoms with van der Waals surface area (Å²) in [6, 6.07) is 11.4. The van der Waals surface area contributed by atoms with Crippen LogP contribution in [-0.2, 0) is 0 Å².